The van der Waals surface area contributed by atoms with Crippen molar-refractivity contribution in [2.45, 2.75) is 38.6 Å². The van der Waals surface area contributed by atoms with Crippen LogP contribution >= 0.6 is 11.6 Å². The normalized spacial score (nSPS) is 18.3. The van der Waals surface area contributed by atoms with Crippen molar-refractivity contribution in [3.63, 3.8) is 0 Å². The fourth-order valence-electron chi connectivity index (χ4n) is 4.46. The van der Waals surface area contributed by atoms with Gasteiger partial charge in [0.2, 0.25) is 11.8 Å². The summed E-state index contributed by atoms with van der Waals surface area (Å²) >= 11 is 6.06. The zero-order valence-corrected chi connectivity index (χ0v) is 18.4. The molecule has 3 heterocycles. The number of nitrogens with one attached hydrogen (secondary N) is 1. The van der Waals surface area contributed by atoms with Gasteiger partial charge in [-0.1, -0.05) is 36.2 Å². The van der Waals surface area contributed by atoms with E-state index in [9.17, 15) is 9.59 Å². The molecule has 3 aromatic rings. The Balaban J connectivity index is 1.31. The Bertz CT molecular complexity index is 1170. The molecule has 1 N–H and O–H groups in total. The van der Waals surface area contributed by atoms with Crippen molar-refractivity contribution < 1.29 is 9.59 Å². The van der Waals surface area contributed by atoms with Crippen LogP contribution in [0.1, 0.15) is 31.5 Å². The average molecular weight is 450 g/mol. The van der Waals surface area contributed by atoms with Crippen molar-refractivity contribution in [2.24, 2.45) is 5.92 Å². The van der Waals surface area contributed by atoms with E-state index < -0.39 is 5.92 Å². The van der Waals surface area contributed by atoms with E-state index in [4.69, 9.17) is 11.6 Å². The van der Waals surface area contributed by atoms with Gasteiger partial charge in [0.1, 0.15) is 5.82 Å². The lowest BCUT2D eigenvalue weighted by molar-refractivity contribution is -0.122. The van der Waals surface area contributed by atoms with Gasteiger partial charge in [-0.15, -0.1) is 10.2 Å². The molecule has 0 radical (unpaired) electrons. The maximum absolute atomic E-state index is 12.9. The molecule has 5 rings (SSSR count). The molecule has 164 valence electrons. The number of halogens is 1. The third-order valence-electron chi connectivity index (χ3n) is 6.11. The predicted octanol–water partition coefficient (Wildman–Crippen LogP) is 4.32. The number of hydrogen-bond donors (Lipinski definition) is 1. The first-order valence-corrected chi connectivity index (χ1v) is 11.4. The van der Waals surface area contributed by atoms with E-state index in [1.165, 1.54) is 6.42 Å². The molecular formula is C24H24ClN5O2. The van der Waals surface area contributed by atoms with Gasteiger partial charge >= 0.3 is 0 Å². The maximum atomic E-state index is 12.9. The van der Waals surface area contributed by atoms with Crippen LogP contribution in [0.25, 0.3) is 11.4 Å². The first-order valence-electron chi connectivity index (χ1n) is 11.0. The number of rotatable bonds is 4. The van der Waals surface area contributed by atoms with Gasteiger partial charge in [-0.05, 0) is 43.2 Å². The summed E-state index contributed by atoms with van der Waals surface area (Å²) in [6.07, 6.45) is 4.58. The van der Waals surface area contributed by atoms with Gasteiger partial charge in [0.25, 0.3) is 0 Å². The van der Waals surface area contributed by atoms with E-state index >= 15 is 0 Å². The Hall–Kier alpha value is -3.19. The van der Waals surface area contributed by atoms with Gasteiger partial charge in [-0.2, -0.15) is 0 Å². The van der Waals surface area contributed by atoms with E-state index in [0.29, 0.717) is 22.9 Å². The number of carbonyl (C=O) groups is 2. The molecule has 1 unspecified atom stereocenters. The number of aromatic nitrogens is 3. The summed E-state index contributed by atoms with van der Waals surface area (Å²) in [7, 11) is 0. The molecular weight excluding hydrogens is 426 g/mol. The molecule has 2 aliphatic rings. The Labute approximate surface area is 191 Å². The van der Waals surface area contributed by atoms with Crippen molar-refractivity contribution in [1.82, 2.24) is 14.8 Å². The molecule has 2 aromatic carbocycles. The third-order valence-corrected chi connectivity index (χ3v) is 6.35. The van der Waals surface area contributed by atoms with Crippen molar-refractivity contribution >= 4 is 34.8 Å². The van der Waals surface area contributed by atoms with Crippen LogP contribution in [0.15, 0.2) is 48.5 Å². The van der Waals surface area contributed by atoms with Crippen molar-refractivity contribution in [3.05, 3.63) is 59.4 Å². The van der Waals surface area contributed by atoms with Gasteiger partial charge in [0, 0.05) is 47.9 Å². The summed E-state index contributed by atoms with van der Waals surface area (Å²) < 4.78 is 2.19. The van der Waals surface area contributed by atoms with Crippen LogP contribution in [0.4, 0.5) is 11.4 Å². The number of aryl methyl sites for hydroxylation is 1. The van der Waals surface area contributed by atoms with Gasteiger partial charge < -0.3 is 14.8 Å². The smallest absolute Gasteiger partial charge is 0.229 e. The number of nitrogens with zero attached hydrogens (tertiary/aromatic N) is 4. The number of benzene rings is 2. The fraction of sp³-hybridized carbons (Fsp3) is 0.333. The lowest BCUT2D eigenvalue weighted by atomic mass is 10.1. The topological polar surface area (TPSA) is 80.1 Å². The van der Waals surface area contributed by atoms with Gasteiger partial charge in [-0.3, -0.25) is 9.59 Å². The van der Waals surface area contributed by atoms with Crippen molar-refractivity contribution in [2.75, 3.05) is 16.8 Å². The Morgan fingerprint density at radius 2 is 1.94 bits per heavy atom. The largest absolute Gasteiger partial charge is 0.326 e. The summed E-state index contributed by atoms with van der Waals surface area (Å²) in [6.45, 7) is 1.25. The Morgan fingerprint density at radius 1 is 1.06 bits per heavy atom. The van der Waals surface area contributed by atoms with Gasteiger partial charge in [0.15, 0.2) is 5.82 Å². The van der Waals surface area contributed by atoms with E-state index in [1.807, 2.05) is 30.3 Å². The summed E-state index contributed by atoms with van der Waals surface area (Å²) in [5.41, 5.74) is 2.32. The lowest BCUT2D eigenvalue weighted by Crippen LogP contribution is -2.28. The highest BCUT2D eigenvalue weighted by Crippen LogP contribution is 2.29. The number of hydrogen-bond acceptors (Lipinski definition) is 4. The zero-order valence-electron chi connectivity index (χ0n) is 17.6. The van der Waals surface area contributed by atoms with Gasteiger partial charge in [0.05, 0.1) is 5.92 Å². The first kappa shape index (κ1) is 20.7. The molecule has 1 aromatic heterocycles. The zero-order chi connectivity index (χ0) is 22.1. The fourth-order valence-corrected chi connectivity index (χ4v) is 4.64. The standard InChI is InChI=1S/C24H24ClN5O2/c25-18-7-5-9-20(14-18)30-15-17(13-22(30)31)24(32)26-19-8-4-6-16(12-19)23-28-27-21-10-2-1-3-11-29(21)23/h4-9,12,14,17H,1-3,10-11,13,15H2,(H,26,32). The lowest BCUT2D eigenvalue weighted by Gasteiger charge is -2.17. The molecule has 32 heavy (non-hydrogen) atoms. The summed E-state index contributed by atoms with van der Waals surface area (Å²) in [6, 6.07) is 14.8. The molecule has 0 aliphatic carbocycles. The second-order valence-corrected chi connectivity index (χ2v) is 8.79. The summed E-state index contributed by atoms with van der Waals surface area (Å²) in [5, 5.41) is 12.3. The first-order chi connectivity index (χ1) is 15.6. The molecule has 7 nitrogen and oxygen atoms in total. The maximum Gasteiger partial charge on any atom is 0.229 e. The quantitative estimate of drug-likeness (QED) is 0.643. The van der Waals surface area contributed by atoms with E-state index in [0.717, 1.165) is 43.0 Å². The van der Waals surface area contributed by atoms with E-state index in [2.05, 4.69) is 20.1 Å². The number of fused-ring (bicyclic) bond motifs is 1. The second-order valence-electron chi connectivity index (χ2n) is 8.36. The molecule has 2 aliphatic heterocycles. The van der Waals surface area contributed by atoms with E-state index in [1.54, 1.807) is 23.1 Å². The molecule has 1 saturated heterocycles. The van der Waals surface area contributed by atoms with E-state index in [-0.39, 0.29) is 18.2 Å². The van der Waals surface area contributed by atoms with Crippen LogP contribution in [0.2, 0.25) is 5.02 Å². The molecule has 0 bridgehead atoms. The van der Waals surface area contributed by atoms with Crippen LogP contribution in [0.3, 0.4) is 0 Å². The monoisotopic (exact) mass is 449 g/mol. The van der Waals surface area contributed by atoms with Crippen LogP contribution in [-0.4, -0.2) is 33.1 Å². The SMILES string of the molecule is O=C(Nc1cccc(-c2nnc3n2CCCCC3)c1)C1CC(=O)N(c2cccc(Cl)c2)C1. The molecule has 8 heteroatoms. The molecule has 0 spiro atoms. The third kappa shape index (κ3) is 4.12. The second kappa shape index (κ2) is 8.74. The van der Waals surface area contributed by atoms with Crippen LogP contribution < -0.4 is 10.2 Å². The minimum Gasteiger partial charge on any atom is -0.326 e. The van der Waals surface area contributed by atoms with Crippen molar-refractivity contribution in [1.29, 1.82) is 0 Å². The summed E-state index contributed by atoms with van der Waals surface area (Å²) in [5.74, 6) is 1.20. The van der Waals surface area contributed by atoms with Crippen LogP contribution in [-0.2, 0) is 22.6 Å². The van der Waals surface area contributed by atoms with Crippen LogP contribution in [0, 0.1) is 5.92 Å². The highest BCUT2D eigenvalue weighted by atomic mass is 35.5. The number of carbonyl (C=O) groups excluding carboxylic acids is 2. The minimum absolute atomic E-state index is 0.0766. The predicted molar refractivity (Wildman–Crippen MR) is 124 cm³/mol. The minimum atomic E-state index is -0.422. The van der Waals surface area contributed by atoms with Gasteiger partial charge in [-0.25, -0.2) is 0 Å². The molecule has 1 atom stereocenters. The number of anilines is 2. The van der Waals surface area contributed by atoms with Crippen molar-refractivity contribution in [3.8, 4) is 11.4 Å². The summed E-state index contributed by atoms with van der Waals surface area (Å²) in [4.78, 5) is 27.1. The average Bonchev–Trinajstić information content (AvgIpc) is 3.30. The molecule has 1 fully saturated rings. The van der Waals surface area contributed by atoms with Crippen LogP contribution in [0.5, 0.6) is 0 Å². The molecule has 0 saturated carbocycles. The number of amides is 2. The molecule has 2 amide bonds. The highest BCUT2D eigenvalue weighted by molar-refractivity contribution is 6.31. The Kier molecular flexibility index (Phi) is 5.66. The Morgan fingerprint density at radius 3 is 2.81 bits per heavy atom. The highest BCUT2D eigenvalue weighted by Gasteiger charge is 2.35.